The van der Waals surface area contributed by atoms with Gasteiger partial charge in [0.25, 0.3) is 0 Å². The third kappa shape index (κ3) is 6.49. The lowest BCUT2D eigenvalue weighted by Crippen LogP contribution is -2.47. The van der Waals surface area contributed by atoms with Crippen molar-refractivity contribution in [3.63, 3.8) is 0 Å². The Morgan fingerprint density at radius 1 is 1.04 bits per heavy atom. The topological polar surface area (TPSA) is 42.9 Å². The number of rotatable bonds is 4. The van der Waals surface area contributed by atoms with Gasteiger partial charge in [0.05, 0.1) is 0 Å². The molecule has 0 atom stereocenters. The quantitative estimate of drug-likeness (QED) is 0.653. The van der Waals surface area contributed by atoms with E-state index in [2.05, 4.69) is 77.5 Å². The minimum absolute atomic E-state index is 0.00815. The molecule has 2 N–H and O–H groups in total. The van der Waals surface area contributed by atoms with E-state index in [9.17, 15) is 0 Å². The van der Waals surface area contributed by atoms with Gasteiger partial charge in [-0.1, -0.05) is 24.3 Å². The first-order chi connectivity index (χ1) is 11.4. The largest absolute Gasteiger partial charge is 0.352 e. The lowest BCUT2D eigenvalue weighted by Gasteiger charge is -2.32. The lowest BCUT2D eigenvalue weighted by molar-refractivity contribution is 0.148. The van der Waals surface area contributed by atoms with Crippen molar-refractivity contribution in [2.75, 3.05) is 40.3 Å². The van der Waals surface area contributed by atoms with Crippen LogP contribution in [0.5, 0.6) is 0 Å². The van der Waals surface area contributed by atoms with Gasteiger partial charge < -0.3 is 15.5 Å². The zero-order valence-corrected chi connectivity index (χ0v) is 15.9. The minimum atomic E-state index is 0.00815. The molecule has 0 amide bonds. The van der Waals surface area contributed by atoms with E-state index in [0.29, 0.717) is 0 Å². The van der Waals surface area contributed by atoms with E-state index in [-0.39, 0.29) is 5.54 Å². The van der Waals surface area contributed by atoms with Crippen LogP contribution in [0.3, 0.4) is 0 Å². The van der Waals surface area contributed by atoms with Gasteiger partial charge in [-0.15, -0.1) is 0 Å². The van der Waals surface area contributed by atoms with Crippen molar-refractivity contribution >= 4 is 5.96 Å². The highest BCUT2D eigenvalue weighted by molar-refractivity contribution is 5.80. The minimum Gasteiger partial charge on any atom is -0.352 e. The average molecular weight is 332 g/mol. The van der Waals surface area contributed by atoms with E-state index >= 15 is 0 Å². The second kappa shape index (κ2) is 8.49. The van der Waals surface area contributed by atoms with Gasteiger partial charge in [0.15, 0.2) is 5.96 Å². The maximum atomic E-state index is 4.27. The number of nitrogens with zero attached hydrogens (tertiary/aromatic N) is 3. The molecule has 1 aliphatic rings. The first kappa shape index (κ1) is 18.7. The third-order valence-electron chi connectivity index (χ3n) is 4.20. The zero-order valence-electron chi connectivity index (χ0n) is 15.9. The summed E-state index contributed by atoms with van der Waals surface area (Å²) in [6.07, 6.45) is 0. The molecule has 0 spiro atoms. The summed E-state index contributed by atoms with van der Waals surface area (Å²) in [4.78, 5) is 9.20. The van der Waals surface area contributed by atoms with Gasteiger partial charge in [-0.2, -0.15) is 0 Å². The van der Waals surface area contributed by atoms with Gasteiger partial charge in [-0.25, -0.2) is 0 Å². The molecule has 0 radical (unpaired) electrons. The molecule has 24 heavy (non-hydrogen) atoms. The van der Waals surface area contributed by atoms with E-state index < -0.39 is 0 Å². The Kier molecular flexibility index (Phi) is 6.63. The summed E-state index contributed by atoms with van der Waals surface area (Å²) >= 11 is 0. The Morgan fingerprint density at radius 3 is 2.17 bits per heavy atom. The molecule has 134 valence electrons. The van der Waals surface area contributed by atoms with Crippen LogP contribution in [0.4, 0.5) is 0 Å². The number of likely N-dealkylation sites (N-methyl/N-ethyl adjacent to an activating group) is 1. The van der Waals surface area contributed by atoms with Crippen LogP contribution in [0.15, 0.2) is 29.3 Å². The fourth-order valence-electron chi connectivity index (χ4n) is 2.75. The van der Waals surface area contributed by atoms with Crippen LogP contribution in [0.2, 0.25) is 0 Å². The van der Waals surface area contributed by atoms with Gasteiger partial charge in [-0.3, -0.25) is 9.89 Å². The molecule has 1 saturated heterocycles. The van der Waals surface area contributed by atoms with Crippen molar-refractivity contribution in [2.45, 2.75) is 39.4 Å². The number of nitrogens with one attached hydrogen (secondary N) is 2. The van der Waals surface area contributed by atoms with Gasteiger partial charge in [0.2, 0.25) is 0 Å². The fourth-order valence-corrected chi connectivity index (χ4v) is 2.75. The summed E-state index contributed by atoms with van der Waals surface area (Å²) in [6, 6.07) is 8.91. The Morgan fingerprint density at radius 2 is 1.62 bits per heavy atom. The summed E-state index contributed by atoms with van der Waals surface area (Å²) in [7, 11) is 4.00. The molecule has 2 rings (SSSR count). The van der Waals surface area contributed by atoms with Crippen LogP contribution >= 0.6 is 0 Å². The molecule has 0 aliphatic carbocycles. The van der Waals surface area contributed by atoms with Crippen molar-refractivity contribution in [1.82, 2.24) is 20.4 Å². The van der Waals surface area contributed by atoms with Crippen LogP contribution in [0.1, 0.15) is 31.9 Å². The number of hydrogen-bond acceptors (Lipinski definition) is 3. The number of aliphatic imine (C=N–C) groups is 1. The molecule has 0 aromatic heterocycles. The maximum Gasteiger partial charge on any atom is 0.191 e. The average Bonchev–Trinajstić information content (AvgIpc) is 2.54. The molecule has 0 bridgehead atoms. The molecule has 1 aliphatic heterocycles. The summed E-state index contributed by atoms with van der Waals surface area (Å²) in [5.41, 5.74) is 2.67. The molecule has 5 heteroatoms. The molecular formula is C19H33N5. The van der Waals surface area contributed by atoms with Crippen LogP contribution < -0.4 is 10.6 Å². The predicted molar refractivity (Wildman–Crippen MR) is 102 cm³/mol. The van der Waals surface area contributed by atoms with Gasteiger partial charge in [0.1, 0.15) is 0 Å². The van der Waals surface area contributed by atoms with Crippen molar-refractivity contribution in [1.29, 1.82) is 0 Å². The molecule has 1 heterocycles. The Hall–Kier alpha value is -1.59. The number of piperazine rings is 1. The van der Waals surface area contributed by atoms with E-state index in [1.54, 1.807) is 7.05 Å². The van der Waals surface area contributed by atoms with Crippen molar-refractivity contribution in [3.05, 3.63) is 35.4 Å². The van der Waals surface area contributed by atoms with E-state index in [1.165, 1.54) is 24.2 Å². The first-order valence-electron chi connectivity index (χ1n) is 8.83. The molecule has 1 aromatic rings. The smallest absolute Gasteiger partial charge is 0.191 e. The van der Waals surface area contributed by atoms with E-state index in [1.807, 2.05) is 0 Å². The summed E-state index contributed by atoms with van der Waals surface area (Å²) in [6.45, 7) is 12.9. The second-order valence-corrected chi connectivity index (χ2v) is 7.70. The number of guanidine groups is 1. The highest BCUT2D eigenvalue weighted by atomic mass is 15.2. The number of hydrogen-bond donors (Lipinski definition) is 2. The Labute approximate surface area is 147 Å². The van der Waals surface area contributed by atoms with Crippen LogP contribution in [-0.2, 0) is 13.1 Å². The second-order valence-electron chi connectivity index (χ2n) is 7.70. The van der Waals surface area contributed by atoms with Gasteiger partial charge in [0, 0.05) is 51.9 Å². The van der Waals surface area contributed by atoms with Crippen molar-refractivity contribution in [3.8, 4) is 0 Å². The molecule has 0 unspecified atom stereocenters. The number of benzene rings is 1. The first-order valence-corrected chi connectivity index (χ1v) is 8.83. The Balaban J connectivity index is 1.81. The summed E-state index contributed by atoms with van der Waals surface area (Å²) < 4.78 is 0. The summed E-state index contributed by atoms with van der Waals surface area (Å²) in [5, 5.41) is 6.74. The highest BCUT2D eigenvalue weighted by Gasteiger charge is 2.14. The van der Waals surface area contributed by atoms with Crippen molar-refractivity contribution in [2.24, 2.45) is 4.99 Å². The molecular weight excluding hydrogens is 298 g/mol. The highest BCUT2D eigenvalue weighted by Crippen LogP contribution is 2.10. The fraction of sp³-hybridized carbons (Fsp3) is 0.632. The normalized spacial score (nSPS) is 17.8. The van der Waals surface area contributed by atoms with Crippen molar-refractivity contribution < 1.29 is 0 Å². The Bertz CT molecular complexity index is 522. The standard InChI is InChI=1S/C19H33N5/c1-19(2,3)22-18(20-4)21-14-16-6-8-17(9-7-16)15-24-12-10-23(5)11-13-24/h6-9H,10-15H2,1-5H3,(H2,20,21,22). The lowest BCUT2D eigenvalue weighted by atomic mass is 10.1. The van der Waals surface area contributed by atoms with Crippen LogP contribution in [-0.4, -0.2) is 61.6 Å². The maximum absolute atomic E-state index is 4.27. The SMILES string of the molecule is CN=C(NCc1ccc(CN2CCN(C)CC2)cc1)NC(C)(C)C. The zero-order chi connectivity index (χ0) is 17.6. The van der Waals surface area contributed by atoms with E-state index in [0.717, 1.165) is 32.1 Å². The van der Waals surface area contributed by atoms with Crippen LogP contribution in [0, 0.1) is 0 Å². The van der Waals surface area contributed by atoms with Gasteiger partial charge >= 0.3 is 0 Å². The van der Waals surface area contributed by atoms with E-state index in [4.69, 9.17) is 0 Å². The monoisotopic (exact) mass is 331 g/mol. The molecule has 5 nitrogen and oxygen atoms in total. The molecule has 1 fully saturated rings. The summed E-state index contributed by atoms with van der Waals surface area (Å²) in [5.74, 6) is 0.837. The van der Waals surface area contributed by atoms with Crippen LogP contribution in [0.25, 0.3) is 0 Å². The predicted octanol–water partition coefficient (Wildman–Crippen LogP) is 1.90. The van der Waals surface area contributed by atoms with Gasteiger partial charge in [-0.05, 0) is 38.9 Å². The molecule has 1 aromatic carbocycles. The molecule has 0 saturated carbocycles. The third-order valence-corrected chi connectivity index (χ3v) is 4.20.